The van der Waals surface area contributed by atoms with E-state index in [4.69, 9.17) is 4.74 Å². The Bertz CT molecular complexity index is 2050. The average molecular weight is 731 g/mol. The van der Waals surface area contributed by atoms with Crippen molar-refractivity contribution in [2.75, 3.05) is 80.3 Å². The number of rotatable bonds is 12. The molecule has 4 fully saturated rings. The summed E-state index contributed by atoms with van der Waals surface area (Å²) in [5.41, 5.74) is 4.67. The lowest BCUT2D eigenvalue weighted by atomic mass is 9.98. The molecule has 276 valence electrons. The fourth-order valence-corrected chi connectivity index (χ4v) is 9.17. The van der Waals surface area contributed by atoms with E-state index in [9.17, 15) is 8.42 Å². The van der Waals surface area contributed by atoms with Crippen molar-refractivity contribution in [3.8, 4) is 5.75 Å². The molecule has 0 radical (unpaired) electrons. The van der Waals surface area contributed by atoms with Gasteiger partial charge in [0.25, 0.3) is 0 Å². The van der Waals surface area contributed by atoms with Crippen LogP contribution in [0.25, 0.3) is 11.0 Å². The molecule has 0 amide bonds. The van der Waals surface area contributed by atoms with Gasteiger partial charge in [-0.05, 0) is 81.7 Å². The summed E-state index contributed by atoms with van der Waals surface area (Å²) in [6, 6.07) is 8.26. The van der Waals surface area contributed by atoms with E-state index in [1.165, 1.54) is 41.6 Å². The summed E-state index contributed by atoms with van der Waals surface area (Å²) in [5.74, 6) is 0.682. The highest BCUT2D eigenvalue weighted by atomic mass is 32.2. The molecule has 2 aliphatic carbocycles. The normalized spacial score (nSPS) is 19.2. The Morgan fingerprint density at radius 3 is 2.38 bits per heavy atom. The number of anilines is 6. The SMILES string of the molecule is COc1cc(N2CCC(N3CCN(C)CC3)CC2)c(CC2CC2)cc1Nc1ncc(F)c(Nc2ccc3nccnc3c2N(C)S(=O)(=O)C2CC2)n1. The molecule has 15 heteroatoms. The van der Waals surface area contributed by atoms with Crippen LogP contribution in [0.1, 0.15) is 44.1 Å². The zero-order valence-electron chi connectivity index (χ0n) is 30.1. The maximum atomic E-state index is 15.4. The number of ether oxygens (including phenoxy) is 1. The first-order chi connectivity index (χ1) is 25.2. The number of fused-ring (bicyclic) bond motifs is 1. The number of piperazine rings is 1. The van der Waals surface area contributed by atoms with Crippen molar-refractivity contribution in [1.82, 2.24) is 29.7 Å². The van der Waals surface area contributed by atoms with Crippen LogP contribution < -0.4 is 24.6 Å². The number of hydrogen-bond acceptors (Lipinski definition) is 12. The predicted octanol–water partition coefficient (Wildman–Crippen LogP) is 5.15. The summed E-state index contributed by atoms with van der Waals surface area (Å²) in [6.07, 6.45) is 11.1. The number of nitrogens with zero attached hydrogens (tertiary/aromatic N) is 8. The van der Waals surface area contributed by atoms with E-state index in [1.807, 2.05) is 0 Å². The third kappa shape index (κ3) is 7.18. The highest BCUT2D eigenvalue weighted by Gasteiger charge is 2.40. The number of sulfonamides is 1. The fraction of sp³-hybridized carbons (Fsp3) is 0.514. The second kappa shape index (κ2) is 14.2. The molecule has 0 unspecified atom stereocenters. The number of hydrogen-bond donors (Lipinski definition) is 2. The molecule has 2 N–H and O–H groups in total. The van der Waals surface area contributed by atoms with Crippen LogP contribution in [0.3, 0.4) is 0 Å². The molecule has 0 bridgehead atoms. The summed E-state index contributed by atoms with van der Waals surface area (Å²) >= 11 is 0. The van der Waals surface area contributed by atoms with Crippen molar-refractivity contribution in [2.45, 2.75) is 56.2 Å². The van der Waals surface area contributed by atoms with E-state index in [0.717, 1.165) is 64.7 Å². The van der Waals surface area contributed by atoms with E-state index in [0.29, 0.717) is 53.0 Å². The molecule has 4 aromatic rings. The second-order valence-corrected chi connectivity index (χ2v) is 16.9. The predicted molar refractivity (Wildman–Crippen MR) is 202 cm³/mol. The molecule has 0 spiro atoms. The number of halogens is 1. The molecular weight excluding hydrogens is 684 g/mol. The maximum Gasteiger partial charge on any atom is 0.237 e. The lowest BCUT2D eigenvalue weighted by molar-refractivity contribution is 0.0982. The monoisotopic (exact) mass is 730 g/mol. The minimum atomic E-state index is -3.66. The van der Waals surface area contributed by atoms with E-state index in [2.05, 4.69) is 64.4 Å². The van der Waals surface area contributed by atoms with Crippen LogP contribution in [-0.4, -0.2) is 110 Å². The molecule has 2 saturated carbocycles. The van der Waals surface area contributed by atoms with Gasteiger partial charge in [-0.1, -0.05) is 0 Å². The van der Waals surface area contributed by atoms with E-state index < -0.39 is 21.1 Å². The number of nitrogens with one attached hydrogen (secondary N) is 2. The number of piperidine rings is 1. The minimum absolute atomic E-state index is 0.115. The Morgan fingerprint density at radius 1 is 0.923 bits per heavy atom. The topological polar surface area (TPSA) is 132 Å². The van der Waals surface area contributed by atoms with E-state index in [-0.39, 0.29) is 17.5 Å². The second-order valence-electron chi connectivity index (χ2n) is 14.6. The Morgan fingerprint density at radius 2 is 1.67 bits per heavy atom. The summed E-state index contributed by atoms with van der Waals surface area (Å²) < 4.78 is 49.3. The van der Waals surface area contributed by atoms with Crippen LogP contribution in [0.2, 0.25) is 0 Å². The van der Waals surface area contributed by atoms with E-state index >= 15 is 4.39 Å². The summed E-state index contributed by atoms with van der Waals surface area (Å²) in [5, 5.41) is 5.89. The molecule has 2 aromatic carbocycles. The molecule has 0 atom stereocenters. The van der Waals surface area contributed by atoms with Crippen LogP contribution in [-0.2, 0) is 16.4 Å². The number of aromatic nitrogens is 4. The number of likely N-dealkylation sites (N-methyl/N-ethyl adjacent to an activating group) is 1. The van der Waals surface area contributed by atoms with Crippen LogP contribution >= 0.6 is 0 Å². The molecule has 4 heterocycles. The third-order valence-electron chi connectivity index (χ3n) is 11.0. The van der Waals surface area contributed by atoms with Crippen molar-refractivity contribution in [2.24, 2.45) is 5.92 Å². The summed E-state index contributed by atoms with van der Waals surface area (Å²) in [6.45, 7) is 6.55. The van der Waals surface area contributed by atoms with Gasteiger partial charge in [-0.2, -0.15) is 4.98 Å². The highest BCUT2D eigenvalue weighted by molar-refractivity contribution is 7.93. The van der Waals surface area contributed by atoms with Crippen LogP contribution in [0.4, 0.5) is 38.9 Å². The van der Waals surface area contributed by atoms with Crippen molar-refractivity contribution >= 4 is 55.6 Å². The fourth-order valence-electron chi connectivity index (χ4n) is 7.55. The van der Waals surface area contributed by atoms with E-state index in [1.54, 1.807) is 25.4 Å². The Hall–Kier alpha value is -4.34. The molecule has 52 heavy (non-hydrogen) atoms. The molecule has 4 aliphatic rings. The standard InChI is InChI=1S/C37H47FN10O3S/c1-45-16-18-47(19-17-45)26-10-14-48(15-11-26)32-22-33(51-3)31(21-25(32)20-24-4-5-24)43-37-41-23-28(38)36(44-37)42-30-9-8-29-34(40-13-12-39-29)35(30)46(2)52(49,50)27-6-7-27/h8-9,12-13,21-24,26-27H,4-7,10-11,14-20H2,1-3H3,(H2,41,42,43,44). The number of benzene rings is 2. The molecule has 2 aromatic heterocycles. The van der Waals surface area contributed by atoms with Gasteiger partial charge in [-0.15, -0.1) is 0 Å². The van der Waals surface area contributed by atoms with Gasteiger partial charge in [0.2, 0.25) is 16.0 Å². The molecule has 2 aliphatic heterocycles. The van der Waals surface area contributed by atoms with Crippen molar-refractivity contribution in [3.63, 3.8) is 0 Å². The van der Waals surface area contributed by atoms with Gasteiger partial charge in [-0.25, -0.2) is 17.8 Å². The maximum absolute atomic E-state index is 15.4. The first-order valence-electron chi connectivity index (χ1n) is 18.3. The molecule has 13 nitrogen and oxygen atoms in total. The van der Waals surface area contributed by atoms with Gasteiger partial charge < -0.3 is 25.2 Å². The Balaban J connectivity index is 1.06. The Kier molecular flexibility index (Phi) is 9.51. The van der Waals surface area contributed by atoms with Gasteiger partial charge in [0, 0.05) is 76.5 Å². The van der Waals surface area contributed by atoms with Gasteiger partial charge in [0.15, 0.2) is 11.6 Å². The van der Waals surface area contributed by atoms with Crippen LogP contribution in [0.15, 0.2) is 42.9 Å². The molecular formula is C37H47FN10O3S. The average Bonchev–Trinajstić information content (AvgIpc) is 4.09. The molecule has 2 saturated heterocycles. The zero-order valence-corrected chi connectivity index (χ0v) is 30.9. The Labute approximate surface area is 304 Å². The van der Waals surface area contributed by atoms with Gasteiger partial charge in [0.1, 0.15) is 17.0 Å². The number of methoxy groups -OCH3 is 1. The summed E-state index contributed by atoms with van der Waals surface area (Å²) in [7, 11) is 1.70. The molecule has 8 rings (SSSR count). The van der Waals surface area contributed by atoms with Gasteiger partial charge in [-0.3, -0.25) is 19.2 Å². The third-order valence-corrected chi connectivity index (χ3v) is 13.2. The first-order valence-corrected chi connectivity index (χ1v) is 19.8. The minimum Gasteiger partial charge on any atom is -0.494 e. The van der Waals surface area contributed by atoms with Crippen molar-refractivity contribution in [3.05, 3.63) is 54.2 Å². The zero-order chi connectivity index (χ0) is 36.0. The smallest absolute Gasteiger partial charge is 0.237 e. The van der Waals surface area contributed by atoms with Crippen molar-refractivity contribution in [1.29, 1.82) is 0 Å². The van der Waals surface area contributed by atoms with Gasteiger partial charge in [0.05, 0.1) is 35.4 Å². The largest absolute Gasteiger partial charge is 0.494 e. The summed E-state index contributed by atoms with van der Waals surface area (Å²) in [4.78, 5) is 25.2. The highest BCUT2D eigenvalue weighted by Crippen LogP contribution is 2.42. The van der Waals surface area contributed by atoms with Gasteiger partial charge >= 0.3 is 0 Å². The van der Waals surface area contributed by atoms with Crippen LogP contribution in [0.5, 0.6) is 5.75 Å². The first kappa shape index (κ1) is 34.7. The van der Waals surface area contributed by atoms with Crippen LogP contribution in [0, 0.1) is 11.7 Å². The lowest BCUT2D eigenvalue weighted by Crippen LogP contribution is -2.52. The quantitative estimate of drug-likeness (QED) is 0.200. The van der Waals surface area contributed by atoms with Crippen molar-refractivity contribution < 1.29 is 17.5 Å². The lowest BCUT2D eigenvalue weighted by Gasteiger charge is -2.43.